The van der Waals surface area contributed by atoms with Crippen LogP contribution < -0.4 is 57.1 Å². The Morgan fingerprint density at radius 1 is 1.10 bits per heavy atom. The normalized spacial score (nSPS) is 21.4. The molecule has 3 rings (SSSR count). The summed E-state index contributed by atoms with van der Waals surface area (Å²) in [5.74, 6) is 0.493. The predicted molar refractivity (Wildman–Crippen MR) is 167 cm³/mol. The summed E-state index contributed by atoms with van der Waals surface area (Å²) in [5, 5.41) is 8.98. The molecule has 2 aliphatic carbocycles. The Morgan fingerprint density at radius 2 is 1.71 bits per heavy atom. The number of nitrogens with two attached hydrogens (primary N) is 1. The molecule has 0 bridgehead atoms. The number of hydroxylamine groups is 1. The van der Waals surface area contributed by atoms with Crippen molar-refractivity contribution in [3.05, 3.63) is 29.3 Å². The maximum absolute atomic E-state index is 13.5. The van der Waals surface area contributed by atoms with E-state index in [9.17, 15) is 9.59 Å². The van der Waals surface area contributed by atoms with Crippen molar-refractivity contribution in [2.45, 2.75) is 143 Å². The number of likely N-dealkylation sites (tertiary alicyclic amines) is 1. The van der Waals surface area contributed by atoms with Crippen molar-refractivity contribution in [1.82, 2.24) is 4.90 Å². The molecule has 42 heavy (non-hydrogen) atoms. The van der Waals surface area contributed by atoms with Crippen LogP contribution in [-0.4, -0.2) is 53.3 Å². The molecule has 0 radical (unpaired) electrons. The van der Waals surface area contributed by atoms with Gasteiger partial charge in [-0.3, -0.25) is 14.8 Å². The zero-order valence-electron chi connectivity index (χ0n) is 27.9. The Hall–Kier alpha value is -0.104. The zero-order valence-corrected chi connectivity index (χ0v) is 31.0. The van der Waals surface area contributed by atoms with Crippen LogP contribution in [0.5, 0.6) is 0 Å². The summed E-state index contributed by atoms with van der Waals surface area (Å²) in [6.45, 7) is 13.3. The minimum absolute atomic E-state index is 0. The zero-order chi connectivity index (χ0) is 30.6. The summed E-state index contributed by atoms with van der Waals surface area (Å²) in [4.78, 5) is 37.6. The number of piperidine rings is 1. The monoisotopic (exact) mass is 617 g/mol. The molecule has 0 aromatic rings. The molecule has 1 heterocycles. The van der Waals surface area contributed by atoms with Crippen molar-refractivity contribution in [3.8, 4) is 0 Å². The standard InChI is InChI=1S/C28H46N3O5.C3H8.C2H6.K/c1-20-7-6-10-23(17-20)19-26(28(33)31-15-13-25(36-34)14-16-31)35-30-24(12-11-21(2)27(29)32)18-22-8-4-3-5-9-22;1-3-2;1-2;/h6-7,10,20-22,24-26,34H,3-5,8-9,11-19H2,1-2H3,(H2,29,32);3H2,1-2H3;1-2H3;/q-1;;;+1/t20?,21-,24?,26?;;;/m1.../s1. The van der Waals surface area contributed by atoms with Crippen LogP contribution in [0.2, 0.25) is 0 Å². The number of primary amides is 1. The van der Waals surface area contributed by atoms with Crippen LogP contribution in [0.1, 0.15) is 125 Å². The van der Waals surface area contributed by atoms with Crippen LogP contribution in [0.4, 0.5) is 0 Å². The van der Waals surface area contributed by atoms with E-state index >= 15 is 0 Å². The van der Waals surface area contributed by atoms with Crippen molar-refractivity contribution in [3.63, 3.8) is 0 Å². The molecule has 0 aromatic carbocycles. The van der Waals surface area contributed by atoms with Gasteiger partial charge in [0.15, 0.2) is 0 Å². The molecular weight excluding hydrogens is 557 g/mol. The molecule has 238 valence electrons. The average molecular weight is 618 g/mol. The summed E-state index contributed by atoms with van der Waals surface area (Å²) >= 11 is 0. The number of nitrogens with zero attached hydrogens (tertiary/aromatic N) is 2. The van der Waals surface area contributed by atoms with E-state index < -0.39 is 6.10 Å². The number of amides is 2. The molecule has 0 spiro atoms. The minimum atomic E-state index is -0.677. The molecule has 1 saturated heterocycles. The summed E-state index contributed by atoms with van der Waals surface area (Å²) < 4.78 is 0. The minimum Gasteiger partial charge on any atom is -0.531 e. The van der Waals surface area contributed by atoms with Crippen LogP contribution >= 0.6 is 0 Å². The van der Waals surface area contributed by atoms with Crippen molar-refractivity contribution in [1.29, 1.82) is 0 Å². The third-order valence-electron chi connectivity index (χ3n) is 8.07. The predicted octanol–water partition coefficient (Wildman–Crippen LogP) is 4.74. The first kappa shape index (κ1) is 41.9. The second-order valence-electron chi connectivity index (χ2n) is 11.9. The van der Waals surface area contributed by atoms with Crippen molar-refractivity contribution < 1.29 is 76.0 Å². The number of hydrogen-bond acceptors (Lipinski definition) is 5. The first-order valence-corrected chi connectivity index (χ1v) is 16.4. The molecule has 2 fully saturated rings. The first-order chi connectivity index (χ1) is 19.8. The van der Waals surface area contributed by atoms with Gasteiger partial charge in [0.25, 0.3) is 0 Å². The summed E-state index contributed by atoms with van der Waals surface area (Å²) in [6.07, 6.45) is 17.8. The Kier molecular flexibility index (Phi) is 25.1. The number of rotatable bonds is 13. The quantitative estimate of drug-likeness (QED) is 0.176. The van der Waals surface area contributed by atoms with Gasteiger partial charge >= 0.3 is 51.4 Å². The van der Waals surface area contributed by atoms with Crippen LogP contribution in [0, 0.1) is 17.8 Å². The first-order valence-electron chi connectivity index (χ1n) is 16.4. The molecule has 1 saturated carbocycles. The van der Waals surface area contributed by atoms with Gasteiger partial charge in [0.05, 0.1) is 6.10 Å². The second kappa shape index (κ2) is 25.1. The maximum atomic E-state index is 13.5. The summed E-state index contributed by atoms with van der Waals surface area (Å²) in [7, 11) is 0. The van der Waals surface area contributed by atoms with Crippen LogP contribution in [0.25, 0.3) is 5.48 Å². The molecule has 1 aliphatic heterocycles. The number of allylic oxidation sites excluding steroid dienone is 3. The van der Waals surface area contributed by atoms with E-state index in [-0.39, 0.29) is 81.3 Å². The van der Waals surface area contributed by atoms with Gasteiger partial charge in [-0.25, -0.2) is 4.89 Å². The topological polar surface area (TPSA) is 116 Å². The fourth-order valence-corrected chi connectivity index (χ4v) is 5.64. The van der Waals surface area contributed by atoms with E-state index in [0.717, 1.165) is 19.3 Å². The molecule has 8 nitrogen and oxygen atoms in total. The van der Waals surface area contributed by atoms with E-state index in [1.807, 2.05) is 25.7 Å². The van der Waals surface area contributed by atoms with Crippen molar-refractivity contribution in [2.75, 3.05) is 13.1 Å². The van der Waals surface area contributed by atoms with E-state index in [4.69, 9.17) is 15.8 Å². The number of carbonyl (C=O) groups excluding carboxylic acids is 2. The van der Waals surface area contributed by atoms with E-state index in [0.29, 0.717) is 50.6 Å². The summed E-state index contributed by atoms with van der Waals surface area (Å²) in [6, 6.07) is -0.0575. The Bertz CT molecular complexity index is 780. The van der Waals surface area contributed by atoms with Gasteiger partial charge in [-0.05, 0) is 37.5 Å². The fraction of sp³-hybridized carbons (Fsp3) is 0.818. The number of hydrogen-bond donors (Lipinski definition) is 2. The van der Waals surface area contributed by atoms with Gasteiger partial charge in [0, 0.05) is 25.4 Å². The number of carbonyl (C=O) groups is 2. The van der Waals surface area contributed by atoms with Gasteiger partial charge in [0.1, 0.15) is 6.10 Å². The van der Waals surface area contributed by atoms with Gasteiger partial charge in [-0.15, -0.1) is 6.04 Å². The summed E-state index contributed by atoms with van der Waals surface area (Å²) in [5.41, 5.74) is 11.4. The second-order valence-corrected chi connectivity index (χ2v) is 11.9. The molecule has 9 heteroatoms. The molecule has 3 aliphatic rings. The van der Waals surface area contributed by atoms with Crippen LogP contribution in [0.3, 0.4) is 0 Å². The SMILES string of the molecule is CC.CC1C=CC=C(CC(O[N-]C(CC[C@@H](C)C(N)=O)CC2CCCCC2)C(=O)N2CCC(OO)CC2)C1.CCC.[K+]. The van der Waals surface area contributed by atoms with E-state index in [1.54, 1.807) is 0 Å². The third kappa shape index (κ3) is 16.8. The maximum Gasteiger partial charge on any atom is 1.00 e. The molecule has 0 aromatic heterocycles. The van der Waals surface area contributed by atoms with Crippen molar-refractivity contribution >= 4 is 11.8 Å². The molecule has 3 unspecified atom stereocenters. The van der Waals surface area contributed by atoms with Gasteiger partial charge in [-0.2, -0.15) is 0 Å². The Morgan fingerprint density at radius 3 is 2.26 bits per heavy atom. The van der Waals surface area contributed by atoms with Crippen LogP contribution in [-0.2, 0) is 19.3 Å². The fourth-order valence-electron chi connectivity index (χ4n) is 5.64. The van der Waals surface area contributed by atoms with Crippen LogP contribution in [0.15, 0.2) is 23.8 Å². The smallest absolute Gasteiger partial charge is 0.531 e. The third-order valence-corrected chi connectivity index (χ3v) is 8.07. The van der Waals surface area contributed by atoms with Crippen molar-refractivity contribution in [2.24, 2.45) is 23.5 Å². The largest absolute Gasteiger partial charge is 1.00 e. The van der Waals surface area contributed by atoms with E-state index in [1.165, 1.54) is 44.1 Å². The Balaban J connectivity index is 0.00000263. The average Bonchev–Trinajstić information content (AvgIpc) is 2.99. The molecule has 3 N–H and O–H groups in total. The van der Waals surface area contributed by atoms with Gasteiger partial charge in [-0.1, -0.05) is 117 Å². The van der Waals surface area contributed by atoms with Gasteiger partial charge in [0.2, 0.25) is 11.8 Å². The van der Waals surface area contributed by atoms with Gasteiger partial charge < -0.3 is 21.0 Å². The molecule has 2 amide bonds. The van der Waals surface area contributed by atoms with E-state index in [2.05, 4.69) is 49.4 Å². The Labute approximate surface area is 299 Å². The molecule has 4 atom stereocenters. The molecular formula is C33H60KN3O5.